The average Bonchev–Trinajstić information content (AvgIpc) is 2.59. The highest BCUT2D eigenvalue weighted by molar-refractivity contribution is 6.30. The van der Waals surface area contributed by atoms with Gasteiger partial charge >= 0.3 is 6.09 Å². The van der Waals surface area contributed by atoms with Gasteiger partial charge in [0.05, 0.1) is 19.8 Å². The van der Waals surface area contributed by atoms with Crippen molar-refractivity contribution < 1.29 is 14.3 Å². The van der Waals surface area contributed by atoms with E-state index in [9.17, 15) is 4.79 Å². The predicted molar refractivity (Wildman–Crippen MR) is 98.6 cm³/mol. The maximum Gasteiger partial charge on any atom is 0.406 e. The number of amides is 1. The van der Waals surface area contributed by atoms with Gasteiger partial charge in [0.15, 0.2) is 0 Å². The minimum atomic E-state index is -0.438. The number of benzene rings is 1. The zero-order valence-electron chi connectivity index (χ0n) is 15.2. The number of ether oxygens (including phenoxy) is 2. The Bertz CT molecular complexity index is 507. The molecule has 0 radical (unpaired) electrons. The predicted octanol–water partition coefficient (Wildman–Crippen LogP) is 5.28. The van der Waals surface area contributed by atoms with Crippen molar-refractivity contribution in [1.29, 1.82) is 0 Å². The van der Waals surface area contributed by atoms with Gasteiger partial charge in [0.1, 0.15) is 0 Å². The molecular formula is C19H30ClNO3. The van der Waals surface area contributed by atoms with E-state index in [1.54, 1.807) is 0 Å². The minimum absolute atomic E-state index is 0.0142. The summed E-state index contributed by atoms with van der Waals surface area (Å²) in [6.07, 6.45) is 4.06. The Balaban J connectivity index is 2.85. The second kappa shape index (κ2) is 11.3. The van der Waals surface area contributed by atoms with Crippen molar-refractivity contribution >= 4 is 17.7 Å². The largest absolute Gasteiger partial charge is 0.453 e. The molecule has 1 N–H and O–H groups in total. The van der Waals surface area contributed by atoms with Crippen LogP contribution in [0.3, 0.4) is 0 Å². The van der Waals surface area contributed by atoms with E-state index in [4.69, 9.17) is 16.3 Å². The molecule has 0 saturated carbocycles. The minimum Gasteiger partial charge on any atom is -0.453 e. The number of hydrogen-bond donors (Lipinski definition) is 1. The Labute approximate surface area is 150 Å². The molecule has 4 nitrogen and oxygen atoms in total. The van der Waals surface area contributed by atoms with Crippen LogP contribution in [-0.2, 0) is 9.47 Å². The summed E-state index contributed by atoms with van der Waals surface area (Å²) >= 11 is 6.21. The fourth-order valence-corrected chi connectivity index (χ4v) is 3.03. The van der Waals surface area contributed by atoms with Crippen LogP contribution in [0.25, 0.3) is 0 Å². The van der Waals surface area contributed by atoms with E-state index in [1.165, 1.54) is 25.5 Å². The van der Waals surface area contributed by atoms with Gasteiger partial charge < -0.3 is 14.8 Å². The molecule has 0 aliphatic carbocycles. The van der Waals surface area contributed by atoms with E-state index < -0.39 is 6.09 Å². The molecule has 0 saturated heterocycles. The number of methoxy groups -OCH3 is 1. The van der Waals surface area contributed by atoms with Crippen molar-refractivity contribution in [3.8, 4) is 0 Å². The number of halogens is 1. The summed E-state index contributed by atoms with van der Waals surface area (Å²) in [5, 5.41) is 3.38. The fourth-order valence-electron chi connectivity index (χ4n) is 2.84. The molecule has 1 rings (SSSR count). The van der Waals surface area contributed by atoms with Crippen molar-refractivity contribution in [3.63, 3.8) is 0 Å². The molecular weight excluding hydrogens is 326 g/mol. The molecule has 0 unspecified atom stereocenters. The molecule has 24 heavy (non-hydrogen) atoms. The first kappa shape index (κ1) is 20.8. The van der Waals surface area contributed by atoms with Crippen LogP contribution in [0.1, 0.15) is 56.8 Å². The summed E-state index contributed by atoms with van der Waals surface area (Å²) in [6, 6.07) is 5.94. The zero-order valence-corrected chi connectivity index (χ0v) is 16.0. The van der Waals surface area contributed by atoms with Crippen LogP contribution < -0.4 is 5.32 Å². The number of carbonyl (C=O) groups excluding carboxylic acids is 1. The molecule has 0 spiro atoms. The lowest BCUT2D eigenvalue weighted by molar-refractivity contribution is 0.00704. The van der Waals surface area contributed by atoms with Crippen molar-refractivity contribution in [2.75, 3.05) is 20.3 Å². The molecule has 5 heteroatoms. The van der Waals surface area contributed by atoms with Crippen molar-refractivity contribution in [2.45, 2.75) is 52.6 Å². The topological polar surface area (TPSA) is 47.6 Å². The SMILES string of the molecule is CCCC[C@H](CC)[C@@H](OCCNC(=O)OC)c1cc(Cl)ccc1C. The quantitative estimate of drug-likeness (QED) is 0.581. The molecule has 2 atom stereocenters. The van der Waals surface area contributed by atoms with Crippen molar-refractivity contribution in [2.24, 2.45) is 5.92 Å². The number of unbranched alkanes of at least 4 members (excludes halogenated alkanes) is 1. The summed E-state index contributed by atoms with van der Waals surface area (Å²) in [5.41, 5.74) is 2.32. The monoisotopic (exact) mass is 355 g/mol. The van der Waals surface area contributed by atoms with Crippen LogP contribution in [-0.4, -0.2) is 26.4 Å². The lowest BCUT2D eigenvalue weighted by Gasteiger charge is -2.28. The molecule has 0 aromatic heterocycles. The lowest BCUT2D eigenvalue weighted by atomic mass is 9.87. The van der Waals surface area contributed by atoms with Crippen LogP contribution >= 0.6 is 11.6 Å². The summed E-state index contributed by atoms with van der Waals surface area (Å²) < 4.78 is 10.8. The van der Waals surface area contributed by atoms with E-state index >= 15 is 0 Å². The highest BCUT2D eigenvalue weighted by atomic mass is 35.5. The number of nitrogens with one attached hydrogen (secondary N) is 1. The smallest absolute Gasteiger partial charge is 0.406 e. The van der Waals surface area contributed by atoms with Gasteiger partial charge in [-0.2, -0.15) is 0 Å². The van der Waals surface area contributed by atoms with Gasteiger partial charge in [-0.05, 0) is 42.5 Å². The van der Waals surface area contributed by atoms with Gasteiger partial charge in [-0.3, -0.25) is 0 Å². The van der Waals surface area contributed by atoms with Gasteiger partial charge in [0, 0.05) is 11.6 Å². The number of alkyl carbamates (subject to hydrolysis) is 1. The average molecular weight is 356 g/mol. The molecule has 0 aliphatic heterocycles. The van der Waals surface area contributed by atoms with Crippen LogP contribution in [0.2, 0.25) is 5.02 Å². The van der Waals surface area contributed by atoms with E-state index in [2.05, 4.69) is 30.8 Å². The third kappa shape index (κ3) is 6.70. The molecule has 136 valence electrons. The van der Waals surface area contributed by atoms with Crippen LogP contribution in [0.5, 0.6) is 0 Å². The second-order valence-electron chi connectivity index (χ2n) is 6.02. The summed E-state index contributed by atoms with van der Waals surface area (Å²) in [4.78, 5) is 11.2. The standard InChI is InChI=1S/C19H30ClNO3/c1-5-7-8-15(6-2)18(24-12-11-21-19(22)23-4)17-13-16(20)10-9-14(17)3/h9-10,13,15,18H,5-8,11-12H2,1-4H3,(H,21,22)/t15-,18+/m0/s1. The van der Waals surface area contributed by atoms with E-state index in [1.807, 2.05) is 18.2 Å². The van der Waals surface area contributed by atoms with Crippen molar-refractivity contribution in [1.82, 2.24) is 5.32 Å². The van der Waals surface area contributed by atoms with E-state index in [0.717, 1.165) is 23.4 Å². The number of rotatable bonds is 10. The van der Waals surface area contributed by atoms with Gasteiger partial charge in [0.25, 0.3) is 0 Å². The Kier molecular flexibility index (Phi) is 9.80. The molecule has 0 heterocycles. The van der Waals surface area contributed by atoms with Crippen LogP contribution in [0.4, 0.5) is 4.79 Å². The van der Waals surface area contributed by atoms with Gasteiger partial charge in [-0.1, -0.05) is 50.8 Å². The first-order valence-electron chi connectivity index (χ1n) is 8.72. The highest BCUT2D eigenvalue weighted by Crippen LogP contribution is 2.35. The molecule has 0 aliphatic rings. The molecule has 1 amide bonds. The van der Waals surface area contributed by atoms with Gasteiger partial charge in [0.2, 0.25) is 0 Å². The highest BCUT2D eigenvalue weighted by Gasteiger charge is 2.24. The maximum absolute atomic E-state index is 11.2. The summed E-state index contributed by atoms with van der Waals surface area (Å²) in [7, 11) is 1.35. The molecule has 1 aromatic rings. The Hall–Kier alpha value is -1.26. The van der Waals surface area contributed by atoms with Gasteiger partial charge in [-0.25, -0.2) is 4.79 Å². The summed E-state index contributed by atoms with van der Waals surface area (Å²) in [6.45, 7) is 7.35. The van der Waals surface area contributed by atoms with Crippen LogP contribution in [0, 0.1) is 12.8 Å². The third-order valence-electron chi connectivity index (χ3n) is 4.28. The zero-order chi connectivity index (χ0) is 17.9. The number of carbonyl (C=O) groups is 1. The first-order chi connectivity index (χ1) is 11.5. The maximum atomic E-state index is 11.2. The molecule has 1 aromatic carbocycles. The Morgan fingerprint density at radius 2 is 2.08 bits per heavy atom. The number of hydrogen-bond acceptors (Lipinski definition) is 3. The normalized spacial score (nSPS) is 13.4. The first-order valence-corrected chi connectivity index (χ1v) is 9.10. The second-order valence-corrected chi connectivity index (χ2v) is 6.46. The Morgan fingerprint density at radius 3 is 2.71 bits per heavy atom. The molecule has 0 fully saturated rings. The lowest BCUT2D eigenvalue weighted by Crippen LogP contribution is -2.28. The Morgan fingerprint density at radius 1 is 1.33 bits per heavy atom. The fraction of sp³-hybridized carbons (Fsp3) is 0.632. The van der Waals surface area contributed by atoms with E-state index in [0.29, 0.717) is 19.1 Å². The van der Waals surface area contributed by atoms with Gasteiger partial charge in [-0.15, -0.1) is 0 Å². The molecule has 0 bridgehead atoms. The van der Waals surface area contributed by atoms with Crippen molar-refractivity contribution in [3.05, 3.63) is 34.3 Å². The number of aryl methyl sites for hydroxylation is 1. The summed E-state index contributed by atoms with van der Waals surface area (Å²) in [5.74, 6) is 0.431. The van der Waals surface area contributed by atoms with E-state index in [-0.39, 0.29) is 6.10 Å². The third-order valence-corrected chi connectivity index (χ3v) is 4.52. The van der Waals surface area contributed by atoms with Crippen LogP contribution in [0.15, 0.2) is 18.2 Å².